The van der Waals surface area contributed by atoms with Crippen LogP contribution in [0.2, 0.25) is 5.02 Å². The van der Waals surface area contributed by atoms with E-state index in [0.717, 1.165) is 33.8 Å². The Morgan fingerprint density at radius 2 is 1.74 bits per heavy atom. The van der Waals surface area contributed by atoms with Crippen molar-refractivity contribution in [3.8, 4) is 0 Å². The van der Waals surface area contributed by atoms with Gasteiger partial charge in [0, 0.05) is 27.4 Å². The second-order valence-corrected chi connectivity index (χ2v) is 6.12. The van der Waals surface area contributed by atoms with Crippen LogP contribution in [0.4, 0.5) is 5.82 Å². The first kappa shape index (κ1) is 14.2. The molecule has 0 radical (unpaired) electrons. The Bertz CT molecular complexity index is 892. The first-order valence-electron chi connectivity index (χ1n) is 7.44. The highest BCUT2D eigenvalue weighted by Crippen LogP contribution is 2.32. The second-order valence-electron chi connectivity index (χ2n) is 5.68. The van der Waals surface area contributed by atoms with E-state index in [-0.39, 0.29) is 0 Å². The molecule has 2 N–H and O–H groups in total. The van der Waals surface area contributed by atoms with Crippen molar-refractivity contribution in [2.45, 2.75) is 6.92 Å². The van der Waals surface area contributed by atoms with E-state index in [9.17, 15) is 0 Å². The van der Waals surface area contributed by atoms with Gasteiger partial charge in [-0.3, -0.25) is 9.98 Å². The Morgan fingerprint density at radius 3 is 2.52 bits per heavy atom. The van der Waals surface area contributed by atoms with Gasteiger partial charge in [0.15, 0.2) is 0 Å². The summed E-state index contributed by atoms with van der Waals surface area (Å²) in [6.07, 6.45) is 0. The lowest BCUT2D eigenvalue weighted by Crippen LogP contribution is -2.10. The number of benzene rings is 1. The van der Waals surface area contributed by atoms with Crippen LogP contribution in [0.3, 0.4) is 0 Å². The Labute approximate surface area is 139 Å². The number of anilines is 1. The number of aromatic nitrogens is 1. The fourth-order valence-electron chi connectivity index (χ4n) is 3.07. The van der Waals surface area contributed by atoms with Crippen molar-refractivity contribution >= 4 is 34.4 Å². The highest BCUT2D eigenvalue weighted by molar-refractivity contribution is 6.31. The summed E-state index contributed by atoms with van der Waals surface area (Å²) < 4.78 is 0. The first-order chi connectivity index (χ1) is 11.1. The number of hydrogen-bond donors (Lipinski definition) is 1. The first-order valence-corrected chi connectivity index (χ1v) is 7.82. The molecule has 0 bridgehead atoms. The molecule has 5 heteroatoms. The van der Waals surface area contributed by atoms with Gasteiger partial charge in [-0.05, 0) is 36.8 Å². The van der Waals surface area contributed by atoms with Crippen LogP contribution >= 0.6 is 11.6 Å². The van der Waals surface area contributed by atoms with Crippen LogP contribution in [-0.4, -0.2) is 29.5 Å². The minimum atomic E-state index is 0.507. The number of nitrogens with two attached hydrogens (primary N) is 1. The molecule has 0 unspecified atom stereocenters. The second kappa shape index (κ2) is 5.32. The average molecular weight is 323 g/mol. The van der Waals surface area contributed by atoms with E-state index in [0.29, 0.717) is 23.9 Å². The molecule has 1 aromatic heterocycles. The summed E-state index contributed by atoms with van der Waals surface area (Å²) in [5.41, 5.74) is 13.1. The number of halogens is 1. The summed E-state index contributed by atoms with van der Waals surface area (Å²) in [6.45, 7) is 3.34. The maximum Gasteiger partial charge on any atom is 0.124 e. The largest absolute Gasteiger partial charge is 0.384 e. The van der Waals surface area contributed by atoms with Gasteiger partial charge in [-0.2, -0.15) is 0 Å². The van der Waals surface area contributed by atoms with Crippen LogP contribution in [0.5, 0.6) is 0 Å². The molecule has 0 amide bonds. The van der Waals surface area contributed by atoms with E-state index in [2.05, 4.69) is 9.98 Å². The molecule has 23 heavy (non-hydrogen) atoms. The molecule has 2 aromatic rings. The SMILES string of the molecule is CC1=NCC2=C1c1nc(N)ccc1C(c1ccc(Cl)cc1)=NC2. The molecular formula is C18H15ClN4. The van der Waals surface area contributed by atoms with Crippen LogP contribution in [-0.2, 0) is 0 Å². The fraction of sp³-hybridized carbons (Fsp3) is 0.167. The van der Waals surface area contributed by atoms with Crippen LogP contribution in [0, 0.1) is 0 Å². The third-order valence-corrected chi connectivity index (χ3v) is 4.43. The summed E-state index contributed by atoms with van der Waals surface area (Å²) in [4.78, 5) is 14.0. The number of pyridine rings is 1. The third kappa shape index (κ3) is 2.35. The fourth-order valence-corrected chi connectivity index (χ4v) is 3.19. The predicted molar refractivity (Wildman–Crippen MR) is 95.5 cm³/mol. The lowest BCUT2D eigenvalue weighted by atomic mass is 9.95. The number of aliphatic imine (C=N–C) groups is 2. The molecule has 4 nitrogen and oxygen atoms in total. The zero-order valence-electron chi connectivity index (χ0n) is 12.7. The Morgan fingerprint density at radius 1 is 1.00 bits per heavy atom. The summed E-state index contributed by atoms with van der Waals surface area (Å²) in [5, 5.41) is 0.710. The molecular weight excluding hydrogens is 308 g/mol. The molecule has 0 saturated carbocycles. The number of allylic oxidation sites excluding steroid dienone is 1. The number of nitrogen functional groups attached to an aromatic ring is 1. The van der Waals surface area contributed by atoms with Crippen molar-refractivity contribution in [2.75, 3.05) is 18.8 Å². The summed E-state index contributed by atoms with van der Waals surface area (Å²) in [6, 6.07) is 11.5. The van der Waals surface area contributed by atoms with Gasteiger partial charge in [-0.25, -0.2) is 4.98 Å². The highest BCUT2D eigenvalue weighted by atomic mass is 35.5. The molecule has 114 valence electrons. The maximum atomic E-state index is 6.01. The third-order valence-electron chi connectivity index (χ3n) is 4.18. The molecule has 0 fully saturated rings. The van der Waals surface area contributed by atoms with Crippen LogP contribution < -0.4 is 5.73 Å². The van der Waals surface area contributed by atoms with E-state index in [1.54, 1.807) is 0 Å². The van der Waals surface area contributed by atoms with Gasteiger partial charge in [-0.15, -0.1) is 0 Å². The minimum Gasteiger partial charge on any atom is -0.384 e. The highest BCUT2D eigenvalue weighted by Gasteiger charge is 2.26. The minimum absolute atomic E-state index is 0.507. The molecule has 0 spiro atoms. The van der Waals surface area contributed by atoms with E-state index in [1.807, 2.05) is 43.3 Å². The van der Waals surface area contributed by atoms with Crippen molar-refractivity contribution in [3.63, 3.8) is 0 Å². The number of fused-ring (bicyclic) bond motifs is 2. The van der Waals surface area contributed by atoms with Gasteiger partial charge in [0.1, 0.15) is 5.82 Å². The van der Waals surface area contributed by atoms with Gasteiger partial charge in [0.05, 0.1) is 24.5 Å². The average Bonchev–Trinajstić information content (AvgIpc) is 2.82. The Kier molecular flexibility index (Phi) is 3.27. The van der Waals surface area contributed by atoms with Crippen LogP contribution in [0.25, 0.3) is 5.57 Å². The standard InChI is InChI=1S/C18H15ClN4/c1-10-16-12(8-21-10)9-22-17(11-2-4-13(19)5-3-11)14-6-7-15(20)23-18(14)16/h2-7H,8-9H2,1H3,(H2,20,23). The quantitative estimate of drug-likeness (QED) is 0.874. The molecule has 1 aromatic carbocycles. The molecule has 3 heterocycles. The number of hydrogen-bond acceptors (Lipinski definition) is 4. The zero-order chi connectivity index (χ0) is 16.0. The Balaban J connectivity index is 1.93. The van der Waals surface area contributed by atoms with Gasteiger partial charge < -0.3 is 5.73 Å². The van der Waals surface area contributed by atoms with Gasteiger partial charge >= 0.3 is 0 Å². The van der Waals surface area contributed by atoms with Gasteiger partial charge in [0.25, 0.3) is 0 Å². The maximum absolute atomic E-state index is 6.01. The van der Waals surface area contributed by atoms with E-state index >= 15 is 0 Å². The number of nitrogens with zero attached hydrogens (tertiary/aromatic N) is 3. The smallest absolute Gasteiger partial charge is 0.124 e. The van der Waals surface area contributed by atoms with Crippen molar-refractivity contribution in [1.82, 2.24) is 4.98 Å². The predicted octanol–water partition coefficient (Wildman–Crippen LogP) is 3.40. The van der Waals surface area contributed by atoms with E-state index < -0.39 is 0 Å². The zero-order valence-corrected chi connectivity index (χ0v) is 13.4. The molecule has 0 aliphatic carbocycles. The van der Waals surface area contributed by atoms with Crippen molar-refractivity contribution < 1.29 is 0 Å². The lowest BCUT2D eigenvalue weighted by molar-refractivity contribution is 1.07. The molecule has 0 atom stereocenters. The molecule has 4 rings (SSSR count). The van der Waals surface area contributed by atoms with Crippen LogP contribution in [0.15, 0.2) is 52.0 Å². The summed E-state index contributed by atoms with van der Waals surface area (Å²) in [7, 11) is 0. The van der Waals surface area contributed by atoms with Crippen LogP contribution in [0.1, 0.15) is 23.7 Å². The number of rotatable bonds is 1. The molecule has 2 aliphatic rings. The van der Waals surface area contributed by atoms with Crippen molar-refractivity contribution in [1.29, 1.82) is 0 Å². The van der Waals surface area contributed by atoms with Gasteiger partial charge in [-0.1, -0.05) is 23.7 Å². The van der Waals surface area contributed by atoms with Gasteiger partial charge in [0.2, 0.25) is 0 Å². The van der Waals surface area contributed by atoms with E-state index in [1.165, 1.54) is 5.57 Å². The monoisotopic (exact) mass is 322 g/mol. The topological polar surface area (TPSA) is 63.6 Å². The summed E-state index contributed by atoms with van der Waals surface area (Å²) >= 11 is 6.01. The molecule has 0 saturated heterocycles. The Hall–Kier alpha value is -2.46. The molecule has 2 aliphatic heterocycles. The summed E-state index contributed by atoms with van der Waals surface area (Å²) in [5.74, 6) is 0.507. The van der Waals surface area contributed by atoms with Crippen molar-refractivity contribution in [3.05, 3.63) is 63.8 Å². The normalized spacial score (nSPS) is 16.4. The lowest BCUT2D eigenvalue weighted by Gasteiger charge is -2.12. The van der Waals surface area contributed by atoms with E-state index in [4.69, 9.17) is 22.3 Å². The van der Waals surface area contributed by atoms with Crippen molar-refractivity contribution in [2.24, 2.45) is 9.98 Å².